The van der Waals surface area contributed by atoms with E-state index in [4.69, 9.17) is 9.47 Å². The molecule has 0 radical (unpaired) electrons. The molecule has 2 rings (SSSR count). The number of esters is 1. The quantitative estimate of drug-likeness (QED) is 0.175. The molecule has 0 aromatic heterocycles. The van der Waals surface area contributed by atoms with Crippen molar-refractivity contribution in [2.75, 3.05) is 26.3 Å². The smallest absolute Gasteiger partial charge is 0.308 e. The van der Waals surface area contributed by atoms with Crippen molar-refractivity contribution in [3.05, 3.63) is 42.0 Å². The van der Waals surface area contributed by atoms with E-state index in [0.29, 0.717) is 37.6 Å². The van der Waals surface area contributed by atoms with Crippen molar-refractivity contribution in [3.8, 4) is 5.75 Å². The summed E-state index contributed by atoms with van der Waals surface area (Å²) in [6.45, 7) is 9.36. The Morgan fingerprint density at radius 3 is 2.22 bits per heavy atom. The lowest BCUT2D eigenvalue weighted by Gasteiger charge is -2.34. The normalized spacial score (nSPS) is 15.3. The van der Waals surface area contributed by atoms with Crippen molar-refractivity contribution in [1.82, 2.24) is 10.2 Å². The molecule has 1 aromatic carbocycles. The second-order valence-corrected chi connectivity index (χ2v) is 9.68. The zero-order valence-corrected chi connectivity index (χ0v) is 22.2. The van der Waals surface area contributed by atoms with Crippen LogP contribution in [-0.4, -0.2) is 55.0 Å². The predicted octanol–water partition coefficient (Wildman–Crippen LogP) is 5.44. The Morgan fingerprint density at radius 2 is 1.61 bits per heavy atom. The maximum Gasteiger partial charge on any atom is 0.308 e. The Hall–Kier alpha value is -2.83. The molecule has 200 valence electrons. The van der Waals surface area contributed by atoms with Gasteiger partial charge in [0.05, 0.1) is 13.0 Å². The predicted molar refractivity (Wildman–Crippen MR) is 142 cm³/mol. The number of ether oxygens (including phenoxy) is 2. The van der Waals surface area contributed by atoms with Crippen LogP contribution in [0.25, 0.3) is 0 Å². The van der Waals surface area contributed by atoms with E-state index in [1.165, 1.54) is 49.8 Å². The number of hydrogen-bond donors (Lipinski definition) is 1. The van der Waals surface area contributed by atoms with Gasteiger partial charge in [0.1, 0.15) is 18.4 Å². The van der Waals surface area contributed by atoms with Gasteiger partial charge < -0.3 is 19.7 Å². The van der Waals surface area contributed by atoms with E-state index in [1.54, 1.807) is 24.3 Å². The highest BCUT2D eigenvalue weighted by Gasteiger charge is 2.35. The number of carbonyl (C=O) groups excluding carboxylic acids is 3. The van der Waals surface area contributed by atoms with Gasteiger partial charge in [-0.15, -0.1) is 0 Å². The molecule has 1 fully saturated rings. The number of nitrogens with one attached hydrogen (secondary N) is 1. The van der Waals surface area contributed by atoms with Crippen LogP contribution >= 0.6 is 0 Å². The molecule has 0 aliphatic carbocycles. The lowest BCUT2D eigenvalue weighted by Crippen LogP contribution is -2.57. The zero-order valence-electron chi connectivity index (χ0n) is 22.2. The van der Waals surface area contributed by atoms with Crippen LogP contribution in [0.1, 0.15) is 94.8 Å². The third-order valence-corrected chi connectivity index (χ3v) is 6.30. The Kier molecular flexibility index (Phi) is 13.7. The van der Waals surface area contributed by atoms with Gasteiger partial charge in [0.25, 0.3) is 5.91 Å². The molecule has 1 unspecified atom stereocenters. The molecular weight excluding hydrogens is 456 g/mol. The maximum absolute atomic E-state index is 13.1. The van der Waals surface area contributed by atoms with E-state index in [2.05, 4.69) is 18.8 Å². The van der Waals surface area contributed by atoms with Gasteiger partial charge in [-0.25, -0.2) is 0 Å². The molecule has 1 heterocycles. The first kappa shape index (κ1) is 29.4. The molecule has 7 nitrogen and oxygen atoms in total. The lowest BCUT2D eigenvalue weighted by atomic mass is 10.1. The van der Waals surface area contributed by atoms with Crippen LogP contribution in [0.5, 0.6) is 5.75 Å². The number of rotatable bonds is 17. The summed E-state index contributed by atoms with van der Waals surface area (Å²) in [4.78, 5) is 39.5. The van der Waals surface area contributed by atoms with Crippen molar-refractivity contribution in [2.45, 2.75) is 90.5 Å². The van der Waals surface area contributed by atoms with Crippen LogP contribution in [0.2, 0.25) is 0 Å². The van der Waals surface area contributed by atoms with E-state index < -0.39 is 12.0 Å². The third-order valence-electron chi connectivity index (χ3n) is 6.30. The lowest BCUT2D eigenvalue weighted by molar-refractivity contribution is -0.147. The SMILES string of the molecule is C=C(C)COc1ccc(C(=O)N2CCNC(=O)C2CC(=O)OCCCCCCCCCCCC)cc1. The molecular formula is C29H44N2O5. The van der Waals surface area contributed by atoms with Gasteiger partial charge in [-0.1, -0.05) is 71.3 Å². The number of hydrogen-bond acceptors (Lipinski definition) is 5. The molecule has 1 N–H and O–H groups in total. The molecule has 0 saturated carbocycles. The fourth-order valence-electron chi connectivity index (χ4n) is 4.22. The number of nitrogens with zero attached hydrogens (tertiary/aromatic N) is 1. The Labute approximate surface area is 216 Å². The standard InChI is InChI=1S/C29H44N2O5/c1-4-5-6-7-8-9-10-11-12-13-20-35-27(32)21-26-28(33)30-18-19-31(26)29(34)24-14-16-25(17-15-24)36-22-23(2)3/h14-17,26H,2,4-13,18-22H2,1,3H3,(H,30,33). The van der Waals surface area contributed by atoms with Crippen LogP contribution in [0.4, 0.5) is 0 Å². The first-order chi connectivity index (χ1) is 17.4. The zero-order chi connectivity index (χ0) is 26.2. The molecule has 2 amide bonds. The van der Waals surface area contributed by atoms with E-state index >= 15 is 0 Å². The van der Waals surface area contributed by atoms with Crippen LogP contribution in [0.15, 0.2) is 36.4 Å². The van der Waals surface area contributed by atoms with Gasteiger partial charge in [-0.3, -0.25) is 14.4 Å². The van der Waals surface area contributed by atoms with Gasteiger partial charge in [-0.2, -0.15) is 0 Å². The summed E-state index contributed by atoms with van der Waals surface area (Å²) in [6, 6.07) is 5.91. The molecule has 7 heteroatoms. The largest absolute Gasteiger partial charge is 0.489 e. The number of amides is 2. The molecule has 1 saturated heterocycles. The highest BCUT2D eigenvalue weighted by Crippen LogP contribution is 2.18. The van der Waals surface area contributed by atoms with Crippen molar-refractivity contribution < 1.29 is 23.9 Å². The highest BCUT2D eigenvalue weighted by molar-refractivity contribution is 5.99. The Balaban J connectivity index is 1.74. The maximum atomic E-state index is 13.1. The summed E-state index contributed by atoms with van der Waals surface area (Å²) in [5.74, 6) is -0.428. The van der Waals surface area contributed by atoms with Crippen molar-refractivity contribution in [3.63, 3.8) is 0 Å². The number of piperazine rings is 1. The van der Waals surface area contributed by atoms with E-state index in [-0.39, 0.29) is 18.2 Å². The first-order valence-electron chi connectivity index (χ1n) is 13.5. The summed E-state index contributed by atoms with van der Waals surface area (Å²) in [7, 11) is 0. The molecule has 1 aromatic rings. The van der Waals surface area contributed by atoms with Gasteiger partial charge in [0, 0.05) is 18.7 Å². The van der Waals surface area contributed by atoms with Gasteiger partial charge in [0.15, 0.2) is 0 Å². The van der Waals surface area contributed by atoms with Gasteiger partial charge in [0.2, 0.25) is 5.91 Å². The number of unbranched alkanes of at least 4 members (excludes halogenated alkanes) is 9. The fourth-order valence-corrected chi connectivity index (χ4v) is 4.22. The van der Waals surface area contributed by atoms with Crippen molar-refractivity contribution >= 4 is 17.8 Å². The van der Waals surface area contributed by atoms with Crippen molar-refractivity contribution in [2.24, 2.45) is 0 Å². The minimum atomic E-state index is -0.870. The summed E-state index contributed by atoms with van der Waals surface area (Å²) in [5, 5.41) is 2.75. The third kappa shape index (κ3) is 10.8. The molecule has 0 bridgehead atoms. The summed E-state index contributed by atoms with van der Waals surface area (Å²) < 4.78 is 11.0. The van der Waals surface area contributed by atoms with Gasteiger partial charge in [-0.05, 0) is 43.2 Å². The van der Waals surface area contributed by atoms with E-state index in [9.17, 15) is 14.4 Å². The minimum absolute atomic E-state index is 0.144. The molecule has 36 heavy (non-hydrogen) atoms. The fraction of sp³-hybridized carbons (Fsp3) is 0.621. The van der Waals surface area contributed by atoms with Crippen LogP contribution in [0.3, 0.4) is 0 Å². The Bertz CT molecular complexity index is 837. The molecule has 1 atom stereocenters. The minimum Gasteiger partial charge on any atom is -0.489 e. The average molecular weight is 501 g/mol. The number of benzene rings is 1. The highest BCUT2D eigenvalue weighted by atomic mass is 16.5. The Morgan fingerprint density at radius 1 is 1.00 bits per heavy atom. The second kappa shape index (κ2) is 16.8. The summed E-state index contributed by atoms with van der Waals surface area (Å²) >= 11 is 0. The summed E-state index contributed by atoms with van der Waals surface area (Å²) in [6.07, 6.45) is 11.9. The summed E-state index contributed by atoms with van der Waals surface area (Å²) in [5.41, 5.74) is 1.34. The average Bonchev–Trinajstić information content (AvgIpc) is 2.87. The second-order valence-electron chi connectivity index (χ2n) is 9.68. The molecule has 1 aliphatic rings. The monoisotopic (exact) mass is 500 g/mol. The molecule has 0 spiro atoms. The van der Waals surface area contributed by atoms with Gasteiger partial charge >= 0.3 is 5.97 Å². The van der Waals surface area contributed by atoms with Crippen LogP contribution in [0, 0.1) is 0 Å². The van der Waals surface area contributed by atoms with Crippen LogP contribution in [-0.2, 0) is 14.3 Å². The van der Waals surface area contributed by atoms with Crippen molar-refractivity contribution in [1.29, 1.82) is 0 Å². The van der Waals surface area contributed by atoms with E-state index in [1.807, 2.05) is 6.92 Å². The topological polar surface area (TPSA) is 84.9 Å². The number of carbonyl (C=O) groups is 3. The molecule has 1 aliphatic heterocycles. The van der Waals surface area contributed by atoms with E-state index in [0.717, 1.165) is 24.8 Å². The van der Waals surface area contributed by atoms with Crippen LogP contribution < -0.4 is 10.1 Å². The first-order valence-corrected chi connectivity index (χ1v) is 13.5.